The highest BCUT2D eigenvalue weighted by molar-refractivity contribution is 6.28. The fraction of sp³-hybridized carbons (Fsp3) is 0.308. The Balaban J connectivity index is 2.57. The number of rotatable bonds is 3. The van der Waals surface area contributed by atoms with Gasteiger partial charge in [-0.3, -0.25) is 10.1 Å². The molecule has 0 spiro atoms. The van der Waals surface area contributed by atoms with Gasteiger partial charge >= 0.3 is 0 Å². The predicted octanol–water partition coefficient (Wildman–Crippen LogP) is 3.01. The van der Waals surface area contributed by atoms with E-state index >= 15 is 0 Å². The van der Waals surface area contributed by atoms with Crippen molar-refractivity contribution in [2.45, 2.75) is 19.4 Å². The molecule has 7 heteroatoms. The highest BCUT2D eigenvalue weighted by Gasteiger charge is 2.26. The van der Waals surface area contributed by atoms with Gasteiger partial charge in [0.15, 0.2) is 0 Å². The first-order valence-electron chi connectivity index (χ1n) is 5.92. The summed E-state index contributed by atoms with van der Waals surface area (Å²) in [6, 6.07) is 2.93. The molecule has 2 N–H and O–H groups in total. The van der Waals surface area contributed by atoms with E-state index in [1.54, 1.807) is 6.07 Å². The van der Waals surface area contributed by atoms with Crippen LogP contribution in [0.2, 0.25) is 0 Å². The van der Waals surface area contributed by atoms with Crippen molar-refractivity contribution in [1.29, 1.82) is 0 Å². The minimum Gasteiger partial charge on any atom is -0.483 e. The van der Waals surface area contributed by atoms with Gasteiger partial charge in [0.1, 0.15) is 22.9 Å². The molecule has 0 amide bonds. The van der Waals surface area contributed by atoms with Crippen molar-refractivity contribution in [3.63, 3.8) is 0 Å². The average Bonchev–Trinajstić information content (AvgIpc) is 2.37. The van der Waals surface area contributed by atoms with Crippen molar-refractivity contribution < 1.29 is 9.66 Å². The maximum absolute atomic E-state index is 11.1. The molecule has 1 aromatic carbocycles. The molecule has 0 aromatic heterocycles. The van der Waals surface area contributed by atoms with Gasteiger partial charge in [0.05, 0.1) is 16.9 Å². The maximum Gasteiger partial charge on any atom is 0.298 e. The summed E-state index contributed by atoms with van der Waals surface area (Å²) in [5, 5.41) is 11.1. The lowest BCUT2D eigenvalue weighted by Crippen LogP contribution is -2.27. The molecule has 1 aromatic rings. The lowest BCUT2D eigenvalue weighted by molar-refractivity contribution is -0.384. The number of alkyl halides is 1. The van der Waals surface area contributed by atoms with Gasteiger partial charge in [-0.05, 0) is 26.0 Å². The number of hydrogen-bond donors (Lipinski definition) is 1. The summed E-state index contributed by atoms with van der Waals surface area (Å²) < 4.78 is 5.70. The first kappa shape index (κ1) is 14.3. The Kier molecular flexibility index (Phi) is 3.67. The molecule has 0 saturated heterocycles. The van der Waals surface area contributed by atoms with E-state index in [1.165, 1.54) is 6.07 Å². The van der Waals surface area contributed by atoms with Gasteiger partial charge in [0.25, 0.3) is 5.69 Å². The maximum atomic E-state index is 11.1. The minimum absolute atomic E-state index is 0.00755. The average molecular weight is 296 g/mol. The molecule has 0 bridgehead atoms. The summed E-state index contributed by atoms with van der Waals surface area (Å²) in [7, 11) is 0. The Bertz CT molecular complexity index is 624. The molecule has 0 unspecified atom stereocenters. The summed E-state index contributed by atoms with van der Waals surface area (Å²) in [6.45, 7) is 3.74. The van der Waals surface area contributed by atoms with Crippen molar-refractivity contribution in [2.75, 3.05) is 5.88 Å². The van der Waals surface area contributed by atoms with E-state index in [2.05, 4.69) is 4.99 Å². The van der Waals surface area contributed by atoms with Crippen molar-refractivity contribution in [3.8, 4) is 5.75 Å². The van der Waals surface area contributed by atoms with E-state index in [1.807, 2.05) is 26.0 Å². The Morgan fingerprint density at radius 2 is 2.25 bits per heavy atom. The number of fused-ring (bicyclic) bond motifs is 1. The summed E-state index contributed by atoms with van der Waals surface area (Å²) in [6.07, 6.45) is 3.72. The molecule has 0 atom stereocenters. The van der Waals surface area contributed by atoms with Crippen LogP contribution in [0.3, 0.4) is 0 Å². The van der Waals surface area contributed by atoms with Crippen molar-refractivity contribution in [3.05, 3.63) is 33.9 Å². The summed E-state index contributed by atoms with van der Waals surface area (Å²) in [5.74, 6) is 0.580. The van der Waals surface area contributed by atoms with Crippen molar-refractivity contribution in [2.24, 2.45) is 10.7 Å². The molecule has 1 aliphatic rings. The molecule has 0 aliphatic carbocycles. The van der Waals surface area contributed by atoms with Gasteiger partial charge in [-0.25, -0.2) is 4.99 Å². The molecular weight excluding hydrogens is 282 g/mol. The quantitative estimate of drug-likeness (QED) is 0.305. The van der Waals surface area contributed by atoms with Gasteiger partial charge in [-0.1, -0.05) is 6.08 Å². The number of nitrogens with zero attached hydrogens (tertiary/aromatic N) is 2. The van der Waals surface area contributed by atoms with Crippen LogP contribution in [0.4, 0.5) is 11.4 Å². The van der Waals surface area contributed by atoms with E-state index in [0.717, 1.165) is 5.56 Å². The van der Waals surface area contributed by atoms with Crippen LogP contribution >= 0.6 is 11.6 Å². The Hall–Kier alpha value is -2.08. The van der Waals surface area contributed by atoms with Gasteiger partial charge in [-0.2, -0.15) is 0 Å². The zero-order valence-electron chi connectivity index (χ0n) is 11.1. The van der Waals surface area contributed by atoms with E-state index in [9.17, 15) is 10.1 Å². The summed E-state index contributed by atoms with van der Waals surface area (Å²) in [4.78, 5) is 14.6. The lowest BCUT2D eigenvalue weighted by atomic mass is 10.0. The number of nitrogens with two attached hydrogens (primary N) is 1. The monoisotopic (exact) mass is 295 g/mol. The number of halogens is 1. The second kappa shape index (κ2) is 5.13. The number of amidine groups is 1. The predicted molar refractivity (Wildman–Crippen MR) is 78.8 cm³/mol. The molecule has 0 radical (unpaired) electrons. The van der Waals surface area contributed by atoms with Crippen molar-refractivity contribution >= 4 is 34.9 Å². The summed E-state index contributed by atoms with van der Waals surface area (Å²) >= 11 is 5.55. The van der Waals surface area contributed by atoms with E-state index in [0.29, 0.717) is 5.75 Å². The van der Waals surface area contributed by atoms with Crippen molar-refractivity contribution in [1.82, 2.24) is 0 Å². The topological polar surface area (TPSA) is 90.8 Å². The fourth-order valence-corrected chi connectivity index (χ4v) is 1.88. The van der Waals surface area contributed by atoms with Crippen LogP contribution in [0.25, 0.3) is 6.08 Å². The first-order valence-corrected chi connectivity index (χ1v) is 6.45. The van der Waals surface area contributed by atoms with Gasteiger partial charge in [0, 0.05) is 5.56 Å². The van der Waals surface area contributed by atoms with Crippen LogP contribution in [0.15, 0.2) is 23.2 Å². The minimum atomic E-state index is -0.519. The number of nitro groups is 1. The molecule has 6 nitrogen and oxygen atoms in total. The van der Waals surface area contributed by atoms with Gasteiger partial charge in [0.2, 0.25) is 0 Å². The van der Waals surface area contributed by atoms with Crippen LogP contribution in [0, 0.1) is 10.1 Å². The molecule has 20 heavy (non-hydrogen) atoms. The molecule has 0 saturated carbocycles. The number of hydrogen-bond acceptors (Lipinski definition) is 4. The Morgan fingerprint density at radius 1 is 1.55 bits per heavy atom. The van der Waals surface area contributed by atoms with Crippen LogP contribution in [-0.2, 0) is 0 Å². The van der Waals surface area contributed by atoms with Gasteiger partial charge < -0.3 is 10.5 Å². The molecule has 1 aliphatic heterocycles. The Labute approximate surface area is 121 Å². The standard InChI is InChI=1S/C13H14ClN3O3/c1-13(2)4-3-8-5-9(16-12(15)7-14)10(17(18)19)6-11(8)20-13/h3-6H,7H2,1-2H3,(H2,15,16). The third-order valence-corrected chi connectivity index (χ3v) is 3.02. The third kappa shape index (κ3) is 2.91. The van der Waals surface area contributed by atoms with E-state index < -0.39 is 10.5 Å². The highest BCUT2D eigenvalue weighted by Crippen LogP contribution is 2.39. The second-order valence-electron chi connectivity index (χ2n) is 4.91. The van der Waals surface area contributed by atoms with E-state index in [-0.39, 0.29) is 23.1 Å². The highest BCUT2D eigenvalue weighted by atomic mass is 35.5. The van der Waals surface area contributed by atoms with Crippen LogP contribution < -0.4 is 10.5 Å². The number of ether oxygens (including phenoxy) is 1. The zero-order valence-corrected chi connectivity index (χ0v) is 11.8. The lowest BCUT2D eigenvalue weighted by Gasteiger charge is -2.27. The number of aliphatic imine (C=N–C) groups is 1. The molecule has 106 valence electrons. The SMILES string of the molecule is CC1(C)C=Cc2cc(N=C(N)CCl)c([N+](=O)[O-])cc2O1. The Morgan fingerprint density at radius 3 is 2.85 bits per heavy atom. The zero-order chi connectivity index (χ0) is 14.9. The molecule has 1 heterocycles. The molecular formula is C13H14ClN3O3. The number of nitro benzene ring substituents is 1. The first-order chi connectivity index (χ1) is 9.32. The number of benzene rings is 1. The smallest absolute Gasteiger partial charge is 0.298 e. The fourth-order valence-electron chi connectivity index (χ4n) is 1.82. The summed E-state index contributed by atoms with van der Waals surface area (Å²) in [5.41, 5.74) is 5.76. The normalized spacial score (nSPS) is 16.4. The van der Waals surface area contributed by atoms with Crippen LogP contribution in [0.1, 0.15) is 19.4 Å². The van der Waals surface area contributed by atoms with Crippen LogP contribution in [0.5, 0.6) is 5.75 Å². The third-order valence-electron chi connectivity index (χ3n) is 2.74. The largest absolute Gasteiger partial charge is 0.483 e. The molecule has 0 fully saturated rings. The van der Waals surface area contributed by atoms with E-state index in [4.69, 9.17) is 22.1 Å². The second-order valence-corrected chi connectivity index (χ2v) is 5.18. The van der Waals surface area contributed by atoms with Gasteiger partial charge in [-0.15, -0.1) is 11.6 Å². The van der Waals surface area contributed by atoms with Crippen LogP contribution in [-0.4, -0.2) is 22.2 Å². The molecule has 2 rings (SSSR count).